The summed E-state index contributed by atoms with van der Waals surface area (Å²) in [6.45, 7) is 4.50. The normalized spacial score (nSPS) is 9.28. The first-order valence-electron chi connectivity index (χ1n) is 5.89. The van der Waals surface area contributed by atoms with Crippen molar-refractivity contribution < 1.29 is 9.72 Å². The molecular formula is C14H18ClN2O+. The highest BCUT2D eigenvalue weighted by Crippen LogP contribution is 2.19. The van der Waals surface area contributed by atoms with E-state index in [1.807, 2.05) is 44.2 Å². The van der Waals surface area contributed by atoms with Crippen molar-refractivity contribution >= 4 is 17.3 Å². The summed E-state index contributed by atoms with van der Waals surface area (Å²) < 4.78 is 5.53. The van der Waals surface area contributed by atoms with Crippen LogP contribution in [0, 0.1) is 0 Å². The molecule has 0 unspecified atom stereocenters. The van der Waals surface area contributed by atoms with E-state index in [0.29, 0.717) is 23.2 Å². The maximum Gasteiger partial charge on any atom is 0.368 e. The predicted octanol–water partition coefficient (Wildman–Crippen LogP) is 3.34. The van der Waals surface area contributed by atoms with Gasteiger partial charge < -0.3 is 10.5 Å². The Hall–Kier alpha value is -1.74. The summed E-state index contributed by atoms with van der Waals surface area (Å²) in [5.41, 5.74) is 7.19. The number of ether oxygens (including phenoxy) is 1. The molecule has 3 nitrogen and oxygen atoms in total. The number of pyridine rings is 1. The Morgan fingerprint density at radius 3 is 2.50 bits per heavy atom. The van der Waals surface area contributed by atoms with E-state index >= 15 is 0 Å². The predicted molar refractivity (Wildman–Crippen MR) is 74.5 cm³/mol. The van der Waals surface area contributed by atoms with Crippen LogP contribution in [0.1, 0.15) is 19.4 Å². The summed E-state index contributed by atoms with van der Waals surface area (Å²) in [6, 6.07) is 11.6. The number of hydrogen-bond acceptors (Lipinski definition) is 2. The quantitative estimate of drug-likeness (QED) is 0.925. The third kappa shape index (κ3) is 4.26. The number of H-pyrrole nitrogens is 1. The molecule has 96 valence electrons. The molecule has 1 heterocycles. The van der Waals surface area contributed by atoms with Gasteiger partial charge in [-0.15, -0.1) is 0 Å². The molecule has 3 N–H and O–H groups in total. The average Bonchev–Trinajstić information content (AvgIpc) is 2.44. The van der Waals surface area contributed by atoms with Crippen LogP contribution in [0.3, 0.4) is 0 Å². The van der Waals surface area contributed by atoms with Gasteiger partial charge in [-0.2, -0.15) is 4.98 Å². The molecule has 0 spiro atoms. The minimum absolute atomic E-state index is 0.488. The Morgan fingerprint density at radius 1 is 1.22 bits per heavy atom. The monoisotopic (exact) mass is 265 g/mol. The smallest absolute Gasteiger partial charge is 0.368 e. The number of benzene rings is 1. The lowest BCUT2D eigenvalue weighted by molar-refractivity contribution is -0.394. The number of hydrogen-bond donors (Lipinski definition) is 1. The van der Waals surface area contributed by atoms with Gasteiger partial charge in [-0.05, 0) is 5.56 Å². The molecule has 0 bridgehead atoms. The van der Waals surface area contributed by atoms with Crippen molar-refractivity contribution in [1.82, 2.24) is 0 Å². The van der Waals surface area contributed by atoms with E-state index in [4.69, 9.17) is 22.1 Å². The van der Waals surface area contributed by atoms with Gasteiger partial charge in [0.25, 0.3) is 0 Å². The SMILES string of the molecule is CC.Nc1c[nH+]c(OCc2ccccc2)cc1Cl. The van der Waals surface area contributed by atoms with E-state index in [0.717, 1.165) is 5.56 Å². The first kappa shape index (κ1) is 14.3. The van der Waals surface area contributed by atoms with E-state index in [2.05, 4.69) is 4.98 Å². The highest BCUT2D eigenvalue weighted by Gasteiger charge is 2.06. The van der Waals surface area contributed by atoms with Crippen LogP contribution >= 0.6 is 11.6 Å². The zero-order valence-electron chi connectivity index (χ0n) is 10.6. The highest BCUT2D eigenvalue weighted by molar-refractivity contribution is 6.33. The molecule has 0 atom stereocenters. The third-order valence-electron chi connectivity index (χ3n) is 2.14. The lowest BCUT2D eigenvalue weighted by Crippen LogP contribution is -2.10. The van der Waals surface area contributed by atoms with Gasteiger partial charge in [-0.1, -0.05) is 55.8 Å². The third-order valence-corrected chi connectivity index (χ3v) is 2.47. The minimum Gasteiger partial charge on any atom is -0.440 e. The Kier molecular flexibility index (Phi) is 6.01. The van der Waals surface area contributed by atoms with Gasteiger partial charge in [-0.25, -0.2) is 0 Å². The van der Waals surface area contributed by atoms with E-state index < -0.39 is 0 Å². The summed E-state index contributed by atoms with van der Waals surface area (Å²) in [4.78, 5) is 2.92. The molecule has 18 heavy (non-hydrogen) atoms. The van der Waals surface area contributed by atoms with Gasteiger partial charge in [0, 0.05) is 0 Å². The Labute approximate surface area is 113 Å². The lowest BCUT2D eigenvalue weighted by atomic mass is 10.2. The molecule has 0 radical (unpaired) electrons. The summed E-state index contributed by atoms with van der Waals surface area (Å²) in [5.74, 6) is 0.600. The van der Waals surface area contributed by atoms with Crippen LogP contribution in [0.2, 0.25) is 5.02 Å². The molecule has 4 heteroatoms. The number of aromatic nitrogens is 1. The molecule has 0 fully saturated rings. The number of halogens is 1. The molecule has 0 saturated carbocycles. The minimum atomic E-state index is 0.488. The second kappa shape index (κ2) is 7.56. The summed E-state index contributed by atoms with van der Waals surface area (Å²) in [5, 5.41) is 0.488. The zero-order chi connectivity index (χ0) is 13.4. The van der Waals surface area contributed by atoms with Crippen molar-refractivity contribution in [2.45, 2.75) is 20.5 Å². The molecule has 1 aromatic carbocycles. The van der Waals surface area contributed by atoms with E-state index in [1.165, 1.54) is 0 Å². The second-order valence-corrected chi connectivity index (χ2v) is 3.78. The molecule has 1 aromatic heterocycles. The number of nitrogens with two attached hydrogens (primary N) is 1. The molecule has 2 aromatic rings. The van der Waals surface area contributed by atoms with Crippen LogP contribution in [0.15, 0.2) is 42.6 Å². The van der Waals surface area contributed by atoms with Gasteiger partial charge in [0.2, 0.25) is 0 Å². The maximum absolute atomic E-state index is 5.87. The molecule has 0 aliphatic heterocycles. The molecule has 2 rings (SSSR count). The molecule has 0 amide bonds. The van der Waals surface area contributed by atoms with Gasteiger partial charge in [-0.3, -0.25) is 0 Å². The fourth-order valence-corrected chi connectivity index (χ4v) is 1.43. The summed E-state index contributed by atoms with van der Waals surface area (Å²) in [7, 11) is 0. The Balaban J connectivity index is 0.000000771. The zero-order valence-corrected chi connectivity index (χ0v) is 11.4. The fourth-order valence-electron chi connectivity index (χ4n) is 1.28. The standard InChI is InChI=1S/C12H11ClN2O.C2H6/c13-10-6-12(15-7-11(10)14)16-8-9-4-2-1-3-5-9;1-2/h1-7H,8,14H2;1-2H3/p+1. The van der Waals surface area contributed by atoms with Crippen LogP contribution in [0.5, 0.6) is 5.88 Å². The van der Waals surface area contributed by atoms with Crippen molar-refractivity contribution in [3.63, 3.8) is 0 Å². The summed E-state index contributed by atoms with van der Waals surface area (Å²) in [6.07, 6.45) is 1.61. The first-order valence-corrected chi connectivity index (χ1v) is 6.27. The molecule has 0 saturated heterocycles. The number of rotatable bonds is 3. The first-order chi connectivity index (χ1) is 8.75. The van der Waals surface area contributed by atoms with Crippen LogP contribution in [0.25, 0.3) is 0 Å². The van der Waals surface area contributed by atoms with Crippen LogP contribution < -0.4 is 15.5 Å². The lowest BCUT2D eigenvalue weighted by Gasteiger charge is -2.02. The Morgan fingerprint density at radius 2 is 1.89 bits per heavy atom. The van der Waals surface area contributed by atoms with Crippen LogP contribution in [-0.2, 0) is 6.61 Å². The van der Waals surface area contributed by atoms with Crippen molar-refractivity contribution in [3.05, 3.63) is 53.2 Å². The number of aromatic amines is 1. The number of anilines is 1. The summed E-state index contributed by atoms with van der Waals surface area (Å²) >= 11 is 5.87. The van der Waals surface area contributed by atoms with Gasteiger partial charge in [0.15, 0.2) is 6.20 Å². The highest BCUT2D eigenvalue weighted by atomic mass is 35.5. The Bertz CT molecular complexity index is 474. The van der Waals surface area contributed by atoms with Crippen molar-refractivity contribution in [1.29, 1.82) is 0 Å². The van der Waals surface area contributed by atoms with Crippen LogP contribution in [0.4, 0.5) is 5.69 Å². The maximum atomic E-state index is 5.87. The molecule has 0 aliphatic rings. The number of nitrogens with one attached hydrogen (secondary N) is 1. The van der Waals surface area contributed by atoms with Gasteiger partial charge in [0.1, 0.15) is 12.3 Å². The second-order valence-electron chi connectivity index (χ2n) is 3.37. The van der Waals surface area contributed by atoms with Crippen LogP contribution in [-0.4, -0.2) is 0 Å². The fraction of sp³-hybridized carbons (Fsp3) is 0.214. The largest absolute Gasteiger partial charge is 0.440 e. The van der Waals surface area contributed by atoms with Crippen molar-refractivity contribution in [3.8, 4) is 5.88 Å². The van der Waals surface area contributed by atoms with E-state index in [-0.39, 0.29) is 0 Å². The molecule has 0 aliphatic carbocycles. The van der Waals surface area contributed by atoms with E-state index in [1.54, 1.807) is 12.3 Å². The van der Waals surface area contributed by atoms with Crippen molar-refractivity contribution in [2.24, 2.45) is 0 Å². The molecular weight excluding hydrogens is 248 g/mol. The van der Waals surface area contributed by atoms with Gasteiger partial charge in [0.05, 0.1) is 11.1 Å². The van der Waals surface area contributed by atoms with Crippen molar-refractivity contribution in [2.75, 3.05) is 5.73 Å². The topological polar surface area (TPSA) is 49.4 Å². The number of nitrogen functional groups attached to an aromatic ring is 1. The average molecular weight is 266 g/mol. The van der Waals surface area contributed by atoms with E-state index in [9.17, 15) is 0 Å². The van der Waals surface area contributed by atoms with Gasteiger partial charge >= 0.3 is 5.88 Å².